The molecular formula is C13H25NO2. The molecule has 0 spiro atoms. The van der Waals surface area contributed by atoms with Crippen LogP contribution in [0.25, 0.3) is 0 Å². The standard InChI is InChI=1S/C13H25NO2/c1-5-8-15-10-12-7-6-11(16-12)9-14-13(2,3)4/h5,11-12,14H,1,6-10H2,2-4H3. The van der Waals surface area contributed by atoms with Crippen molar-refractivity contribution in [3.05, 3.63) is 12.7 Å². The lowest BCUT2D eigenvalue weighted by molar-refractivity contribution is -0.00963. The summed E-state index contributed by atoms with van der Waals surface area (Å²) in [6, 6.07) is 0. The first-order valence-electron chi connectivity index (χ1n) is 6.10. The number of rotatable bonds is 6. The second kappa shape index (κ2) is 6.38. The number of ether oxygens (including phenoxy) is 2. The van der Waals surface area contributed by atoms with Gasteiger partial charge in [0.2, 0.25) is 0 Å². The second-order valence-corrected chi connectivity index (χ2v) is 5.41. The maximum absolute atomic E-state index is 5.88. The Labute approximate surface area is 99.2 Å². The van der Waals surface area contributed by atoms with Gasteiger partial charge < -0.3 is 14.8 Å². The molecule has 0 bridgehead atoms. The van der Waals surface area contributed by atoms with E-state index in [0.29, 0.717) is 19.3 Å². The van der Waals surface area contributed by atoms with Gasteiger partial charge in [0.05, 0.1) is 25.4 Å². The third-order valence-electron chi connectivity index (χ3n) is 2.60. The lowest BCUT2D eigenvalue weighted by atomic mass is 10.1. The van der Waals surface area contributed by atoms with Gasteiger partial charge in [-0.25, -0.2) is 0 Å². The molecule has 3 heteroatoms. The molecule has 1 rings (SSSR count). The maximum Gasteiger partial charge on any atom is 0.0814 e. The summed E-state index contributed by atoms with van der Waals surface area (Å²) in [6.45, 7) is 12.4. The number of nitrogens with one attached hydrogen (secondary N) is 1. The summed E-state index contributed by atoms with van der Waals surface area (Å²) in [5.41, 5.74) is 0.167. The van der Waals surface area contributed by atoms with Crippen LogP contribution in [-0.4, -0.2) is 37.5 Å². The zero-order chi connectivity index (χ0) is 12.0. The molecule has 1 heterocycles. The molecule has 3 nitrogen and oxygen atoms in total. The Balaban J connectivity index is 2.12. The van der Waals surface area contributed by atoms with E-state index in [1.807, 2.05) is 0 Å². The SMILES string of the molecule is C=CCOCC1CCC(CNC(C)(C)C)O1. The van der Waals surface area contributed by atoms with Crippen LogP contribution in [-0.2, 0) is 9.47 Å². The minimum Gasteiger partial charge on any atom is -0.375 e. The normalized spacial score (nSPS) is 25.9. The fourth-order valence-corrected chi connectivity index (χ4v) is 1.76. The molecule has 1 fully saturated rings. The van der Waals surface area contributed by atoms with Crippen molar-refractivity contribution in [2.45, 2.75) is 51.4 Å². The van der Waals surface area contributed by atoms with Gasteiger partial charge in [-0.05, 0) is 33.6 Å². The van der Waals surface area contributed by atoms with Crippen LogP contribution in [0, 0.1) is 0 Å². The van der Waals surface area contributed by atoms with E-state index in [2.05, 4.69) is 32.7 Å². The number of hydrogen-bond donors (Lipinski definition) is 1. The van der Waals surface area contributed by atoms with Crippen molar-refractivity contribution in [1.29, 1.82) is 0 Å². The molecule has 0 radical (unpaired) electrons. The van der Waals surface area contributed by atoms with E-state index in [0.717, 1.165) is 19.4 Å². The third-order valence-corrected chi connectivity index (χ3v) is 2.60. The van der Waals surface area contributed by atoms with Gasteiger partial charge in [0.25, 0.3) is 0 Å². The molecular weight excluding hydrogens is 202 g/mol. The Kier molecular flexibility index (Phi) is 5.46. The Morgan fingerprint density at radius 2 is 2.06 bits per heavy atom. The van der Waals surface area contributed by atoms with Gasteiger partial charge in [-0.1, -0.05) is 6.08 Å². The summed E-state index contributed by atoms with van der Waals surface area (Å²) in [5, 5.41) is 3.47. The van der Waals surface area contributed by atoms with Crippen molar-refractivity contribution >= 4 is 0 Å². The van der Waals surface area contributed by atoms with E-state index in [1.165, 1.54) is 0 Å². The second-order valence-electron chi connectivity index (χ2n) is 5.41. The summed E-state index contributed by atoms with van der Waals surface area (Å²) < 4.78 is 11.3. The van der Waals surface area contributed by atoms with Crippen LogP contribution < -0.4 is 5.32 Å². The first-order chi connectivity index (χ1) is 7.51. The molecule has 0 amide bonds. The van der Waals surface area contributed by atoms with Gasteiger partial charge in [-0.15, -0.1) is 6.58 Å². The topological polar surface area (TPSA) is 30.5 Å². The fraction of sp³-hybridized carbons (Fsp3) is 0.846. The summed E-state index contributed by atoms with van der Waals surface area (Å²) in [6.07, 6.45) is 4.62. The Bertz CT molecular complexity index is 210. The van der Waals surface area contributed by atoms with E-state index in [4.69, 9.17) is 9.47 Å². The third kappa shape index (κ3) is 5.64. The summed E-state index contributed by atoms with van der Waals surface area (Å²) >= 11 is 0. The van der Waals surface area contributed by atoms with Crippen LogP contribution in [0.2, 0.25) is 0 Å². The Morgan fingerprint density at radius 3 is 2.69 bits per heavy atom. The van der Waals surface area contributed by atoms with Crippen LogP contribution in [0.4, 0.5) is 0 Å². The first-order valence-corrected chi connectivity index (χ1v) is 6.10. The molecule has 0 aromatic heterocycles. The highest BCUT2D eigenvalue weighted by Crippen LogP contribution is 2.20. The van der Waals surface area contributed by atoms with Gasteiger partial charge in [0, 0.05) is 12.1 Å². The molecule has 1 aliphatic heterocycles. The van der Waals surface area contributed by atoms with E-state index in [1.54, 1.807) is 6.08 Å². The minimum atomic E-state index is 0.167. The molecule has 0 aromatic carbocycles. The quantitative estimate of drug-likeness (QED) is 0.557. The van der Waals surface area contributed by atoms with Crippen molar-refractivity contribution in [2.24, 2.45) is 0 Å². The predicted molar refractivity (Wildman–Crippen MR) is 66.7 cm³/mol. The smallest absolute Gasteiger partial charge is 0.0814 e. The number of hydrogen-bond acceptors (Lipinski definition) is 3. The average Bonchev–Trinajstić information content (AvgIpc) is 2.62. The van der Waals surface area contributed by atoms with Gasteiger partial charge in [-0.3, -0.25) is 0 Å². The summed E-state index contributed by atoms with van der Waals surface area (Å²) in [5.74, 6) is 0. The highest BCUT2D eigenvalue weighted by Gasteiger charge is 2.26. The van der Waals surface area contributed by atoms with Crippen LogP contribution in [0.5, 0.6) is 0 Å². The molecule has 94 valence electrons. The molecule has 2 unspecified atom stereocenters. The highest BCUT2D eigenvalue weighted by atomic mass is 16.5. The van der Waals surface area contributed by atoms with E-state index < -0.39 is 0 Å². The van der Waals surface area contributed by atoms with E-state index >= 15 is 0 Å². The molecule has 1 saturated heterocycles. The van der Waals surface area contributed by atoms with Crippen LogP contribution in [0.1, 0.15) is 33.6 Å². The predicted octanol–water partition coefficient (Wildman–Crippen LogP) is 2.12. The summed E-state index contributed by atoms with van der Waals surface area (Å²) in [4.78, 5) is 0. The molecule has 1 N–H and O–H groups in total. The molecule has 0 saturated carbocycles. The molecule has 16 heavy (non-hydrogen) atoms. The van der Waals surface area contributed by atoms with E-state index in [-0.39, 0.29) is 11.6 Å². The monoisotopic (exact) mass is 227 g/mol. The molecule has 1 aliphatic rings. The average molecular weight is 227 g/mol. The fourth-order valence-electron chi connectivity index (χ4n) is 1.76. The first kappa shape index (κ1) is 13.7. The lowest BCUT2D eigenvalue weighted by Gasteiger charge is -2.23. The van der Waals surface area contributed by atoms with Gasteiger partial charge in [0.15, 0.2) is 0 Å². The minimum absolute atomic E-state index is 0.167. The van der Waals surface area contributed by atoms with Crippen molar-refractivity contribution in [1.82, 2.24) is 5.32 Å². The zero-order valence-corrected chi connectivity index (χ0v) is 10.8. The van der Waals surface area contributed by atoms with Crippen molar-refractivity contribution in [3.63, 3.8) is 0 Å². The van der Waals surface area contributed by atoms with Crippen LogP contribution in [0.15, 0.2) is 12.7 Å². The lowest BCUT2D eigenvalue weighted by Crippen LogP contribution is -2.41. The van der Waals surface area contributed by atoms with Gasteiger partial charge in [-0.2, -0.15) is 0 Å². The van der Waals surface area contributed by atoms with E-state index in [9.17, 15) is 0 Å². The Morgan fingerprint density at radius 1 is 1.38 bits per heavy atom. The highest BCUT2D eigenvalue weighted by molar-refractivity contribution is 4.79. The Hall–Kier alpha value is -0.380. The largest absolute Gasteiger partial charge is 0.375 e. The van der Waals surface area contributed by atoms with Crippen LogP contribution in [0.3, 0.4) is 0 Å². The molecule has 0 aliphatic carbocycles. The summed E-state index contributed by atoms with van der Waals surface area (Å²) in [7, 11) is 0. The van der Waals surface area contributed by atoms with Gasteiger partial charge in [0.1, 0.15) is 0 Å². The van der Waals surface area contributed by atoms with Crippen molar-refractivity contribution in [2.75, 3.05) is 19.8 Å². The van der Waals surface area contributed by atoms with Crippen molar-refractivity contribution < 1.29 is 9.47 Å². The van der Waals surface area contributed by atoms with Crippen molar-refractivity contribution in [3.8, 4) is 0 Å². The zero-order valence-electron chi connectivity index (χ0n) is 10.8. The molecule has 2 atom stereocenters. The molecule has 0 aromatic rings. The maximum atomic E-state index is 5.88. The van der Waals surface area contributed by atoms with Gasteiger partial charge >= 0.3 is 0 Å². The van der Waals surface area contributed by atoms with Crippen LogP contribution >= 0.6 is 0 Å².